The van der Waals surface area contributed by atoms with Gasteiger partial charge in [-0.1, -0.05) is 25.2 Å². The first-order valence-corrected chi connectivity index (χ1v) is 6.80. The van der Waals surface area contributed by atoms with E-state index < -0.39 is 12.4 Å². The molecule has 0 radical (unpaired) electrons. The summed E-state index contributed by atoms with van der Waals surface area (Å²) in [6.07, 6.45) is 7.46. The van der Waals surface area contributed by atoms with Crippen LogP contribution in [0.15, 0.2) is 18.5 Å². The van der Waals surface area contributed by atoms with E-state index in [-0.39, 0.29) is 63.2 Å². The minimum atomic E-state index is -5.01. The third-order valence-corrected chi connectivity index (χ3v) is 3.73. The number of rotatable bonds is 4. The summed E-state index contributed by atoms with van der Waals surface area (Å²) in [7, 11) is 0. The van der Waals surface area contributed by atoms with Crippen LogP contribution >= 0.6 is 0 Å². The second-order valence-electron chi connectivity index (χ2n) is 5.21. The number of nitrogens with zero attached hydrogens (tertiary/aromatic N) is 1. The molecule has 2 atom stereocenters. The number of ether oxygens (including phenoxy) is 1. The van der Waals surface area contributed by atoms with Crippen LogP contribution in [0.2, 0.25) is 0 Å². The smallest absolute Gasteiger partial charge is 0.489 e. The van der Waals surface area contributed by atoms with Crippen LogP contribution in [0.3, 0.4) is 0 Å². The maximum Gasteiger partial charge on any atom is 1.00 e. The fourth-order valence-electron chi connectivity index (χ4n) is 2.59. The Morgan fingerprint density at radius 2 is 2.05 bits per heavy atom. The van der Waals surface area contributed by atoms with Crippen LogP contribution in [0.25, 0.3) is 0 Å². The standard InChI is InChI=1S/C13H18BF3NO.K/c1-2-10-4-3-5-12(6-10)19-13-7-11(8-18-9-13)14(15,16)17;/h7-10,12H,2-6H2,1H3;/q-1;+1. The third kappa shape index (κ3) is 5.33. The average Bonchev–Trinajstić information content (AvgIpc) is 2.38. The summed E-state index contributed by atoms with van der Waals surface area (Å²) < 4.78 is 43.6. The predicted octanol–water partition coefficient (Wildman–Crippen LogP) is 0.488. The Bertz CT molecular complexity index is 430. The van der Waals surface area contributed by atoms with Gasteiger partial charge in [0, 0.05) is 6.20 Å². The van der Waals surface area contributed by atoms with E-state index in [9.17, 15) is 12.9 Å². The Hall–Kier alpha value is 0.441. The molecule has 1 heterocycles. The van der Waals surface area contributed by atoms with Gasteiger partial charge in [0.15, 0.2) is 0 Å². The van der Waals surface area contributed by atoms with Gasteiger partial charge in [0.1, 0.15) is 5.75 Å². The van der Waals surface area contributed by atoms with E-state index in [2.05, 4.69) is 11.9 Å². The fraction of sp³-hybridized carbons (Fsp3) is 0.615. The van der Waals surface area contributed by atoms with Crippen molar-refractivity contribution in [1.82, 2.24) is 4.98 Å². The van der Waals surface area contributed by atoms with Crippen LogP contribution in [0, 0.1) is 5.92 Å². The molecular weight excluding hydrogens is 293 g/mol. The summed E-state index contributed by atoms with van der Waals surface area (Å²) in [5.41, 5.74) is -0.694. The third-order valence-electron chi connectivity index (χ3n) is 3.73. The molecule has 0 amide bonds. The maximum absolute atomic E-state index is 12.6. The molecule has 7 heteroatoms. The van der Waals surface area contributed by atoms with Crippen molar-refractivity contribution in [1.29, 1.82) is 0 Å². The Morgan fingerprint density at radius 1 is 1.30 bits per heavy atom. The van der Waals surface area contributed by atoms with Crippen molar-refractivity contribution in [2.75, 3.05) is 0 Å². The normalized spacial score (nSPS) is 23.0. The average molecular weight is 311 g/mol. The number of aromatic nitrogens is 1. The summed E-state index contributed by atoms with van der Waals surface area (Å²) >= 11 is 0. The summed E-state index contributed by atoms with van der Waals surface area (Å²) in [5.74, 6) is 0.861. The van der Waals surface area contributed by atoms with E-state index in [4.69, 9.17) is 4.74 Å². The van der Waals surface area contributed by atoms with E-state index in [1.807, 2.05) is 0 Å². The molecule has 2 unspecified atom stereocenters. The van der Waals surface area contributed by atoms with Gasteiger partial charge >= 0.3 is 58.4 Å². The van der Waals surface area contributed by atoms with E-state index in [0.717, 1.165) is 37.9 Å². The molecule has 1 aliphatic rings. The second-order valence-corrected chi connectivity index (χ2v) is 5.21. The zero-order valence-electron chi connectivity index (χ0n) is 12.0. The van der Waals surface area contributed by atoms with Crippen molar-refractivity contribution in [3.05, 3.63) is 18.5 Å². The molecule has 1 saturated carbocycles. The molecule has 0 spiro atoms. The Kier molecular flexibility index (Phi) is 7.56. The van der Waals surface area contributed by atoms with Gasteiger partial charge in [-0.05, 0) is 31.2 Å². The van der Waals surface area contributed by atoms with Crippen LogP contribution in [0.5, 0.6) is 5.75 Å². The second kappa shape index (κ2) is 8.17. The van der Waals surface area contributed by atoms with Gasteiger partial charge in [-0.25, -0.2) is 0 Å². The van der Waals surface area contributed by atoms with Crippen molar-refractivity contribution < 1.29 is 69.1 Å². The van der Waals surface area contributed by atoms with Crippen LogP contribution in [-0.2, 0) is 0 Å². The summed E-state index contributed by atoms with van der Waals surface area (Å²) in [5, 5.41) is 0. The van der Waals surface area contributed by atoms with Crippen LogP contribution in [0.1, 0.15) is 39.0 Å². The molecule has 2 rings (SSSR count). The van der Waals surface area contributed by atoms with E-state index in [0.29, 0.717) is 5.92 Å². The molecule has 0 bridgehead atoms. The number of hydrogen-bond acceptors (Lipinski definition) is 2. The van der Waals surface area contributed by atoms with E-state index >= 15 is 0 Å². The van der Waals surface area contributed by atoms with Crippen LogP contribution in [0.4, 0.5) is 12.9 Å². The topological polar surface area (TPSA) is 22.1 Å². The van der Waals surface area contributed by atoms with Gasteiger partial charge < -0.3 is 17.7 Å². The van der Waals surface area contributed by atoms with Gasteiger partial charge in [-0.3, -0.25) is 4.98 Å². The molecule has 0 aromatic carbocycles. The molecule has 20 heavy (non-hydrogen) atoms. The monoisotopic (exact) mass is 311 g/mol. The van der Waals surface area contributed by atoms with Crippen molar-refractivity contribution in [2.24, 2.45) is 5.92 Å². The molecule has 106 valence electrons. The zero-order valence-corrected chi connectivity index (χ0v) is 15.1. The van der Waals surface area contributed by atoms with Crippen LogP contribution in [-0.4, -0.2) is 18.1 Å². The van der Waals surface area contributed by atoms with Gasteiger partial charge in [0.2, 0.25) is 0 Å². The number of halogens is 3. The Morgan fingerprint density at radius 3 is 2.70 bits per heavy atom. The first-order chi connectivity index (χ1) is 8.99. The minimum absolute atomic E-state index is 0. The molecule has 1 aliphatic carbocycles. The van der Waals surface area contributed by atoms with Gasteiger partial charge in [0.25, 0.3) is 0 Å². The first-order valence-electron chi connectivity index (χ1n) is 6.80. The number of hydrogen-bond donors (Lipinski definition) is 0. The summed E-state index contributed by atoms with van der Waals surface area (Å²) in [4.78, 5) is 3.63. The summed E-state index contributed by atoms with van der Waals surface area (Å²) in [6, 6.07) is 1.06. The van der Waals surface area contributed by atoms with Crippen molar-refractivity contribution >= 4 is 12.4 Å². The molecule has 0 saturated heterocycles. The molecule has 0 aliphatic heterocycles. The van der Waals surface area contributed by atoms with E-state index in [1.165, 1.54) is 12.6 Å². The SMILES string of the molecule is CCC1CCCC(Oc2cncc([B-](F)(F)F)c2)C1.[K+]. The fourth-order valence-corrected chi connectivity index (χ4v) is 2.59. The van der Waals surface area contributed by atoms with Gasteiger partial charge in [-0.2, -0.15) is 0 Å². The van der Waals surface area contributed by atoms with Crippen molar-refractivity contribution in [3.63, 3.8) is 0 Å². The molecule has 1 aromatic heterocycles. The minimum Gasteiger partial charge on any atom is -0.489 e. The molecular formula is C13H18BF3KNO. The maximum atomic E-state index is 12.6. The van der Waals surface area contributed by atoms with Crippen molar-refractivity contribution in [2.45, 2.75) is 45.1 Å². The largest absolute Gasteiger partial charge is 1.00 e. The number of pyridine rings is 1. The quantitative estimate of drug-likeness (QED) is 0.755. The van der Waals surface area contributed by atoms with Gasteiger partial charge in [0.05, 0.1) is 12.3 Å². The Labute approximate surface area is 160 Å². The molecule has 1 aromatic rings. The predicted molar refractivity (Wildman–Crippen MR) is 69.6 cm³/mol. The van der Waals surface area contributed by atoms with Crippen molar-refractivity contribution in [3.8, 4) is 5.75 Å². The molecule has 0 N–H and O–H groups in total. The summed E-state index contributed by atoms with van der Waals surface area (Å²) in [6.45, 7) is -2.87. The van der Waals surface area contributed by atoms with E-state index in [1.54, 1.807) is 0 Å². The zero-order chi connectivity index (χ0) is 13.9. The molecule has 2 nitrogen and oxygen atoms in total. The first kappa shape index (κ1) is 18.5. The van der Waals surface area contributed by atoms with Crippen LogP contribution < -0.4 is 61.6 Å². The Balaban J connectivity index is 0.00000200. The molecule has 1 fully saturated rings. The van der Waals surface area contributed by atoms with Gasteiger partial charge in [-0.15, -0.1) is 0 Å².